The molecule has 14 heavy (non-hydrogen) atoms. The molecule has 0 N–H and O–H groups in total. The van der Waals surface area contributed by atoms with E-state index >= 15 is 0 Å². The Kier molecular flexibility index (Phi) is 3.05. The van der Waals surface area contributed by atoms with Crippen LogP contribution in [0.1, 0.15) is 12.8 Å². The number of ether oxygens (including phenoxy) is 1. The summed E-state index contributed by atoms with van der Waals surface area (Å²) in [5, 5.41) is 0. The molecule has 1 aromatic rings. The third kappa shape index (κ3) is 2.70. The third-order valence-corrected chi connectivity index (χ3v) is 2.95. The molecule has 0 unspecified atom stereocenters. The van der Waals surface area contributed by atoms with E-state index in [2.05, 4.69) is 22.6 Å². The van der Waals surface area contributed by atoms with Crippen LogP contribution in [0.4, 0.5) is 0 Å². The van der Waals surface area contributed by atoms with E-state index in [9.17, 15) is 4.79 Å². The summed E-state index contributed by atoms with van der Waals surface area (Å²) < 4.78 is 6.54. The van der Waals surface area contributed by atoms with Gasteiger partial charge in [-0.3, -0.25) is 4.79 Å². The van der Waals surface area contributed by atoms with Crippen LogP contribution in [-0.4, -0.2) is 12.4 Å². The normalized spacial score (nSPS) is 15.2. The van der Waals surface area contributed by atoms with Gasteiger partial charge in [-0.2, -0.15) is 0 Å². The van der Waals surface area contributed by atoms with E-state index in [1.807, 2.05) is 24.3 Å². The fourth-order valence-corrected chi connectivity index (χ4v) is 1.57. The Morgan fingerprint density at radius 2 is 2.00 bits per heavy atom. The minimum Gasteiger partial charge on any atom is -0.486 e. The van der Waals surface area contributed by atoms with Crippen molar-refractivity contribution in [2.45, 2.75) is 12.8 Å². The fourth-order valence-electron chi connectivity index (χ4n) is 1.21. The van der Waals surface area contributed by atoms with Crippen molar-refractivity contribution >= 4 is 28.4 Å². The zero-order valence-corrected chi connectivity index (χ0v) is 9.86. The Morgan fingerprint density at radius 1 is 1.36 bits per heavy atom. The monoisotopic (exact) mass is 302 g/mol. The highest BCUT2D eigenvalue weighted by Crippen LogP contribution is 2.29. The number of ketones is 1. The Hall–Kier alpha value is -0.580. The van der Waals surface area contributed by atoms with Crippen molar-refractivity contribution in [3.05, 3.63) is 27.8 Å². The van der Waals surface area contributed by atoms with Gasteiger partial charge < -0.3 is 4.74 Å². The lowest BCUT2D eigenvalue weighted by Crippen LogP contribution is -2.12. The van der Waals surface area contributed by atoms with E-state index in [1.165, 1.54) is 3.57 Å². The Bertz CT molecular complexity index is 328. The van der Waals surface area contributed by atoms with E-state index in [1.54, 1.807) is 0 Å². The molecule has 1 aliphatic carbocycles. The first-order valence-electron chi connectivity index (χ1n) is 4.67. The SMILES string of the molecule is O=C(COc1ccc(I)cc1)C1CC1. The average Bonchev–Trinajstić information content (AvgIpc) is 3.00. The summed E-state index contributed by atoms with van der Waals surface area (Å²) in [6.07, 6.45) is 2.10. The Morgan fingerprint density at radius 3 is 2.57 bits per heavy atom. The molecular formula is C11H11IO2. The van der Waals surface area contributed by atoms with Gasteiger partial charge in [-0.25, -0.2) is 0 Å². The van der Waals surface area contributed by atoms with Crippen LogP contribution in [0.3, 0.4) is 0 Å². The summed E-state index contributed by atoms with van der Waals surface area (Å²) in [5.74, 6) is 1.31. The molecule has 0 aliphatic heterocycles. The van der Waals surface area contributed by atoms with Crippen LogP contribution < -0.4 is 4.74 Å². The molecule has 2 rings (SSSR count). The summed E-state index contributed by atoms with van der Waals surface area (Å²) in [7, 11) is 0. The minimum absolute atomic E-state index is 0.227. The molecule has 74 valence electrons. The quantitative estimate of drug-likeness (QED) is 0.799. The van der Waals surface area contributed by atoms with Crippen molar-refractivity contribution in [1.82, 2.24) is 0 Å². The van der Waals surface area contributed by atoms with Gasteiger partial charge in [0, 0.05) is 9.49 Å². The van der Waals surface area contributed by atoms with Crippen LogP contribution in [0.5, 0.6) is 5.75 Å². The van der Waals surface area contributed by atoms with Gasteiger partial charge >= 0.3 is 0 Å². The summed E-state index contributed by atoms with van der Waals surface area (Å²) in [4.78, 5) is 11.3. The van der Waals surface area contributed by atoms with Gasteiger partial charge in [0.15, 0.2) is 5.78 Å². The predicted octanol–water partition coefficient (Wildman–Crippen LogP) is 2.65. The van der Waals surface area contributed by atoms with E-state index in [4.69, 9.17) is 4.74 Å². The average molecular weight is 302 g/mol. The summed E-state index contributed by atoms with van der Waals surface area (Å²) >= 11 is 2.24. The number of carbonyl (C=O) groups excluding carboxylic acids is 1. The van der Waals surface area contributed by atoms with Gasteiger partial charge in [0.2, 0.25) is 0 Å². The molecular weight excluding hydrogens is 291 g/mol. The molecule has 1 aromatic carbocycles. The molecule has 1 aliphatic rings. The largest absolute Gasteiger partial charge is 0.486 e. The van der Waals surface area contributed by atoms with Crippen LogP contribution in [0.15, 0.2) is 24.3 Å². The number of hydrogen-bond acceptors (Lipinski definition) is 2. The maximum Gasteiger partial charge on any atom is 0.173 e. The number of hydrogen-bond donors (Lipinski definition) is 0. The topological polar surface area (TPSA) is 26.3 Å². The third-order valence-electron chi connectivity index (χ3n) is 2.23. The summed E-state index contributed by atoms with van der Waals surface area (Å²) in [6.45, 7) is 0.227. The summed E-state index contributed by atoms with van der Waals surface area (Å²) in [6, 6.07) is 7.72. The molecule has 1 saturated carbocycles. The number of halogens is 1. The highest BCUT2D eigenvalue weighted by atomic mass is 127. The number of rotatable bonds is 4. The van der Waals surface area contributed by atoms with Crippen LogP contribution in [0.2, 0.25) is 0 Å². The predicted molar refractivity (Wildman–Crippen MR) is 62.4 cm³/mol. The molecule has 0 bridgehead atoms. The van der Waals surface area contributed by atoms with Gasteiger partial charge in [0.25, 0.3) is 0 Å². The second-order valence-corrected chi connectivity index (χ2v) is 4.73. The van der Waals surface area contributed by atoms with Crippen LogP contribution >= 0.6 is 22.6 Å². The molecule has 0 saturated heterocycles. The summed E-state index contributed by atoms with van der Waals surface area (Å²) in [5.41, 5.74) is 0. The van der Waals surface area contributed by atoms with Crippen molar-refractivity contribution in [3.63, 3.8) is 0 Å². The van der Waals surface area contributed by atoms with E-state index < -0.39 is 0 Å². The van der Waals surface area contributed by atoms with Gasteiger partial charge in [0.1, 0.15) is 12.4 Å². The lowest BCUT2D eigenvalue weighted by Gasteiger charge is -2.04. The van der Waals surface area contributed by atoms with Crippen molar-refractivity contribution in [1.29, 1.82) is 0 Å². The van der Waals surface area contributed by atoms with E-state index in [0.717, 1.165) is 18.6 Å². The maximum atomic E-state index is 11.3. The molecule has 0 radical (unpaired) electrons. The molecule has 0 atom stereocenters. The molecule has 2 nitrogen and oxygen atoms in total. The lowest BCUT2D eigenvalue weighted by molar-refractivity contribution is -0.122. The van der Waals surface area contributed by atoms with E-state index in [-0.39, 0.29) is 12.4 Å². The van der Waals surface area contributed by atoms with Crippen LogP contribution in [-0.2, 0) is 4.79 Å². The fraction of sp³-hybridized carbons (Fsp3) is 0.364. The molecule has 0 spiro atoms. The van der Waals surface area contributed by atoms with E-state index in [0.29, 0.717) is 5.92 Å². The van der Waals surface area contributed by atoms with Crippen molar-refractivity contribution in [3.8, 4) is 5.75 Å². The first-order valence-corrected chi connectivity index (χ1v) is 5.74. The second-order valence-electron chi connectivity index (χ2n) is 3.48. The minimum atomic E-state index is 0.227. The highest BCUT2D eigenvalue weighted by Gasteiger charge is 2.29. The number of benzene rings is 1. The Balaban J connectivity index is 1.85. The van der Waals surface area contributed by atoms with Crippen molar-refractivity contribution < 1.29 is 9.53 Å². The molecule has 0 aromatic heterocycles. The second kappa shape index (κ2) is 4.29. The van der Waals surface area contributed by atoms with Crippen molar-refractivity contribution in [2.24, 2.45) is 5.92 Å². The first kappa shape index (κ1) is 9.96. The molecule has 1 fully saturated rings. The zero-order chi connectivity index (χ0) is 9.97. The molecule has 3 heteroatoms. The number of Topliss-reactive ketones (excluding diaryl/α,β-unsaturated/α-hetero) is 1. The maximum absolute atomic E-state index is 11.3. The van der Waals surface area contributed by atoms with Gasteiger partial charge in [-0.15, -0.1) is 0 Å². The van der Waals surface area contributed by atoms with Gasteiger partial charge in [0.05, 0.1) is 0 Å². The van der Waals surface area contributed by atoms with Gasteiger partial charge in [-0.05, 0) is 59.7 Å². The first-order chi connectivity index (χ1) is 6.75. The smallest absolute Gasteiger partial charge is 0.173 e. The van der Waals surface area contributed by atoms with Crippen molar-refractivity contribution in [2.75, 3.05) is 6.61 Å². The zero-order valence-electron chi connectivity index (χ0n) is 7.70. The Labute approximate surface area is 96.8 Å². The molecule has 0 heterocycles. The number of carbonyl (C=O) groups is 1. The van der Waals surface area contributed by atoms with Gasteiger partial charge in [-0.1, -0.05) is 0 Å². The standard InChI is InChI=1S/C11H11IO2/c12-9-3-5-10(6-4-9)14-7-11(13)8-1-2-8/h3-6,8H,1-2,7H2. The highest BCUT2D eigenvalue weighted by molar-refractivity contribution is 14.1. The van der Waals surface area contributed by atoms with Crippen LogP contribution in [0.25, 0.3) is 0 Å². The molecule has 0 amide bonds. The van der Waals surface area contributed by atoms with Crippen LogP contribution in [0, 0.1) is 9.49 Å². The lowest BCUT2D eigenvalue weighted by atomic mass is 10.3.